The van der Waals surface area contributed by atoms with Crippen molar-refractivity contribution in [1.29, 1.82) is 0 Å². The third-order valence-electron chi connectivity index (χ3n) is 2.67. The quantitative estimate of drug-likeness (QED) is 0.764. The van der Waals surface area contributed by atoms with Crippen molar-refractivity contribution in [3.05, 3.63) is 59.4 Å². The fraction of sp³-hybridized carbons (Fsp3) is 0.214. The summed E-state index contributed by atoms with van der Waals surface area (Å²) in [6.07, 6.45) is 1.74. The zero-order valence-electron chi connectivity index (χ0n) is 9.81. The molecule has 2 aromatic rings. The highest BCUT2D eigenvalue weighted by atomic mass is 35.5. The van der Waals surface area contributed by atoms with Gasteiger partial charge in [-0.1, -0.05) is 41.9 Å². The first-order valence-corrected chi connectivity index (χ1v) is 6.08. The molecule has 1 aromatic heterocycles. The molecule has 2 nitrogen and oxygen atoms in total. The summed E-state index contributed by atoms with van der Waals surface area (Å²) in [4.78, 5) is 6.27. The zero-order valence-corrected chi connectivity index (χ0v) is 10.6. The van der Waals surface area contributed by atoms with Crippen LogP contribution < -0.4 is 4.90 Å². The van der Waals surface area contributed by atoms with E-state index in [1.807, 2.05) is 18.2 Å². The van der Waals surface area contributed by atoms with E-state index in [0.29, 0.717) is 5.15 Å². The first kappa shape index (κ1) is 11.9. The molecule has 0 unspecified atom stereocenters. The Morgan fingerprint density at radius 1 is 1.18 bits per heavy atom. The molecule has 0 aliphatic heterocycles. The molecule has 0 saturated heterocycles. The van der Waals surface area contributed by atoms with Gasteiger partial charge in [0.15, 0.2) is 0 Å². The molecule has 2 rings (SSSR count). The summed E-state index contributed by atoms with van der Waals surface area (Å²) >= 11 is 5.91. The molecule has 0 aliphatic carbocycles. The van der Waals surface area contributed by atoms with Crippen LogP contribution in [0, 0.1) is 0 Å². The monoisotopic (exact) mass is 246 g/mol. The second-order valence-electron chi connectivity index (χ2n) is 3.84. The van der Waals surface area contributed by atoms with Gasteiger partial charge < -0.3 is 4.90 Å². The summed E-state index contributed by atoms with van der Waals surface area (Å²) in [7, 11) is 0. The predicted octanol–water partition coefficient (Wildman–Crippen LogP) is 3.76. The van der Waals surface area contributed by atoms with Crippen molar-refractivity contribution >= 4 is 17.3 Å². The van der Waals surface area contributed by atoms with Crippen molar-refractivity contribution in [2.24, 2.45) is 0 Å². The van der Waals surface area contributed by atoms with Crippen molar-refractivity contribution in [2.45, 2.75) is 13.5 Å². The number of aromatic nitrogens is 1. The highest BCUT2D eigenvalue weighted by molar-refractivity contribution is 6.29. The SMILES string of the molecule is CCN(Cc1ccccc1)c1ccnc(Cl)c1. The molecule has 0 spiro atoms. The second-order valence-corrected chi connectivity index (χ2v) is 4.22. The average molecular weight is 247 g/mol. The smallest absolute Gasteiger partial charge is 0.131 e. The van der Waals surface area contributed by atoms with E-state index >= 15 is 0 Å². The summed E-state index contributed by atoms with van der Waals surface area (Å²) in [6.45, 7) is 3.96. The van der Waals surface area contributed by atoms with E-state index in [1.54, 1.807) is 6.20 Å². The maximum absolute atomic E-state index is 5.91. The number of benzene rings is 1. The number of anilines is 1. The summed E-state index contributed by atoms with van der Waals surface area (Å²) in [5.41, 5.74) is 2.40. The molecule has 17 heavy (non-hydrogen) atoms. The molecule has 0 amide bonds. The Balaban J connectivity index is 2.17. The van der Waals surface area contributed by atoms with E-state index in [9.17, 15) is 0 Å². The summed E-state index contributed by atoms with van der Waals surface area (Å²) in [6, 6.07) is 14.3. The molecule has 1 aromatic carbocycles. The molecular weight excluding hydrogens is 232 g/mol. The minimum Gasteiger partial charge on any atom is -0.367 e. The molecule has 0 fully saturated rings. The van der Waals surface area contributed by atoms with E-state index < -0.39 is 0 Å². The lowest BCUT2D eigenvalue weighted by Crippen LogP contribution is -2.21. The summed E-state index contributed by atoms with van der Waals surface area (Å²) in [5, 5.41) is 0.536. The maximum Gasteiger partial charge on any atom is 0.131 e. The van der Waals surface area contributed by atoms with Crippen LogP contribution in [0.5, 0.6) is 0 Å². The van der Waals surface area contributed by atoms with Gasteiger partial charge in [0.1, 0.15) is 5.15 Å². The molecule has 0 saturated carbocycles. The number of pyridine rings is 1. The van der Waals surface area contributed by atoms with E-state index in [4.69, 9.17) is 11.6 Å². The Morgan fingerprint density at radius 3 is 2.59 bits per heavy atom. The molecule has 1 heterocycles. The molecular formula is C14H15ClN2. The number of hydrogen-bond donors (Lipinski definition) is 0. The van der Waals surface area contributed by atoms with Crippen molar-refractivity contribution in [3.8, 4) is 0 Å². The minimum atomic E-state index is 0.536. The zero-order chi connectivity index (χ0) is 12.1. The molecule has 88 valence electrons. The fourth-order valence-electron chi connectivity index (χ4n) is 1.78. The number of nitrogens with zero attached hydrogens (tertiary/aromatic N) is 2. The van der Waals surface area contributed by atoms with Crippen LogP contribution in [0.15, 0.2) is 48.7 Å². The van der Waals surface area contributed by atoms with Crippen LogP contribution in [0.2, 0.25) is 5.15 Å². The normalized spacial score (nSPS) is 10.2. The van der Waals surface area contributed by atoms with Gasteiger partial charge in [0.2, 0.25) is 0 Å². The van der Waals surface area contributed by atoms with Crippen molar-refractivity contribution < 1.29 is 0 Å². The van der Waals surface area contributed by atoms with Crippen LogP contribution in [-0.4, -0.2) is 11.5 Å². The largest absolute Gasteiger partial charge is 0.367 e. The van der Waals surface area contributed by atoms with Gasteiger partial charge in [0, 0.05) is 25.0 Å². The number of hydrogen-bond acceptors (Lipinski definition) is 2. The second kappa shape index (κ2) is 5.69. The van der Waals surface area contributed by atoms with Gasteiger partial charge in [-0.15, -0.1) is 0 Å². The van der Waals surface area contributed by atoms with Gasteiger partial charge in [-0.25, -0.2) is 4.98 Å². The Kier molecular flexibility index (Phi) is 3.99. The van der Waals surface area contributed by atoms with E-state index in [0.717, 1.165) is 18.8 Å². The van der Waals surface area contributed by atoms with Crippen LogP contribution >= 0.6 is 11.6 Å². The standard InChI is InChI=1S/C14H15ClN2/c1-2-17(11-12-6-4-3-5-7-12)13-8-9-16-14(15)10-13/h3-10H,2,11H2,1H3. The number of rotatable bonds is 4. The Hall–Kier alpha value is -1.54. The first-order valence-electron chi connectivity index (χ1n) is 5.70. The van der Waals surface area contributed by atoms with Gasteiger partial charge >= 0.3 is 0 Å². The predicted molar refractivity (Wildman–Crippen MR) is 72.4 cm³/mol. The van der Waals surface area contributed by atoms with Gasteiger partial charge in [-0.05, 0) is 24.6 Å². The van der Waals surface area contributed by atoms with Gasteiger partial charge in [-0.3, -0.25) is 0 Å². The highest BCUT2D eigenvalue weighted by Gasteiger charge is 2.05. The van der Waals surface area contributed by atoms with Crippen LogP contribution in [0.1, 0.15) is 12.5 Å². The molecule has 3 heteroatoms. The van der Waals surface area contributed by atoms with E-state index in [2.05, 4.69) is 41.1 Å². The Labute approximate surface area is 107 Å². The van der Waals surface area contributed by atoms with Gasteiger partial charge in [-0.2, -0.15) is 0 Å². The lowest BCUT2D eigenvalue weighted by molar-refractivity contribution is 0.830. The third kappa shape index (κ3) is 3.21. The fourth-order valence-corrected chi connectivity index (χ4v) is 1.95. The third-order valence-corrected chi connectivity index (χ3v) is 2.88. The topological polar surface area (TPSA) is 16.1 Å². The Morgan fingerprint density at radius 2 is 1.94 bits per heavy atom. The van der Waals surface area contributed by atoms with Gasteiger partial charge in [0.05, 0.1) is 0 Å². The van der Waals surface area contributed by atoms with Crippen molar-refractivity contribution in [3.63, 3.8) is 0 Å². The maximum atomic E-state index is 5.91. The molecule has 0 N–H and O–H groups in total. The highest BCUT2D eigenvalue weighted by Crippen LogP contribution is 2.19. The molecule has 0 atom stereocenters. The van der Waals surface area contributed by atoms with E-state index in [1.165, 1.54) is 5.56 Å². The average Bonchev–Trinajstić information content (AvgIpc) is 2.37. The van der Waals surface area contributed by atoms with Crippen molar-refractivity contribution in [2.75, 3.05) is 11.4 Å². The summed E-state index contributed by atoms with van der Waals surface area (Å²) in [5.74, 6) is 0. The Bertz CT molecular complexity index is 471. The van der Waals surface area contributed by atoms with Gasteiger partial charge in [0.25, 0.3) is 0 Å². The van der Waals surface area contributed by atoms with Crippen LogP contribution in [-0.2, 0) is 6.54 Å². The van der Waals surface area contributed by atoms with Crippen LogP contribution in [0.3, 0.4) is 0 Å². The lowest BCUT2D eigenvalue weighted by atomic mass is 10.2. The van der Waals surface area contributed by atoms with E-state index in [-0.39, 0.29) is 0 Å². The lowest BCUT2D eigenvalue weighted by Gasteiger charge is -2.23. The minimum absolute atomic E-state index is 0.536. The number of halogens is 1. The first-order chi connectivity index (χ1) is 8.29. The van der Waals surface area contributed by atoms with Crippen molar-refractivity contribution in [1.82, 2.24) is 4.98 Å². The van der Waals surface area contributed by atoms with Crippen LogP contribution in [0.4, 0.5) is 5.69 Å². The van der Waals surface area contributed by atoms with Crippen LogP contribution in [0.25, 0.3) is 0 Å². The molecule has 0 radical (unpaired) electrons. The molecule has 0 aliphatic rings. The molecule has 0 bridgehead atoms. The summed E-state index contributed by atoms with van der Waals surface area (Å²) < 4.78 is 0.